The number of rotatable bonds is 3. The number of imidazole rings is 2. The Morgan fingerprint density at radius 2 is 0.949 bits per heavy atom. The molecule has 0 fully saturated rings. The maximum absolute atomic E-state index is 10.2. The molecule has 0 amide bonds. The lowest BCUT2D eigenvalue weighted by atomic mass is 10.2. The molecule has 7 aromatic rings. The van der Waals surface area contributed by atoms with Crippen molar-refractivity contribution in [3.63, 3.8) is 0 Å². The molecule has 7 rings (SSSR count). The monoisotopic (exact) mass is 510 g/mol. The number of nitrogens with zero attached hydrogens (tertiary/aromatic N) is 4. The second-order valence-electron chi connectivity index (χ2n) is 9.11. The Bertz CT molecular complexity index is 1900. The topological polar surface area (TPSA) is 76.1 Å². The highest BCUT2D eigenvalue weighted by Gasteiger charge is 2.16. The van der Waals surface area contributed by atoms with Gasteiger partial charge in [0.25, 0.3) is 0 Å². The molecule has 6 nitrogen and oxygen atoms in total. The molecule has 2 heterocycles. The molecule has 0 atom stereocenters. The number of aromatic hydroxyl groups is 2. The van der Waals surface area contributed by atoms with Crippen LogP contribution in [0.15, 0.2) is 127 Å². The molecule has 0 unspecified atom stereocenters. The molecule has 0 aliphatic heterocycles. The molecule has 0 spiro atoms. The SMILES string of the molecule is Cn1c(-c2ccccc2O)nc2ccccc21.Oc1ccccc1-c1nc2ccccc2n1-c1ccccc1. The number of hydrogen-bond donors (Lipinski definition) is 2. The lowest BCUT2D eigenvalue weighted by Gasteiger charge is -2.10. The average Bonchev–Trinajstić information content (AvgIpc) is 3.52. The third kappa shape index (κ3) is 4.49. The fourth-order valence-corrected chi connectivity index (χ4v) is 4.76. The molecule has 2 aromatic heterocycles. The van der Waals surface area contributed by atoms with E-state index in [1.807, 2.05) is 127 Å². The van der Waals surface area contributed by atoms with Gasteiger partial charge in [0.15, 0.2) is 0 Å². The Balaban J connectivity index is 0.000000147. The smallest absolute Gasteiger partial charge is 0.149 e. The Morgan fingerprint density at radius 1 is 0.487 bits per heavy atom. The van der Waals surface area contributed by atoms with Crippen molar-refractivity contribution in [2.75, 3.05) is 0 Å². The van der Waals surface area contributed by atoms with Gasteiger partial charge in [0.05, 0.1) is 33.2 Å². The van der Waals surface area contributed by atoms with Crippen LogP contribution in [0.1, 0.15) is 0 Å². The first-order chi connectivity index (χ1) is 19.1. The van der Waals surface area contributed by atoms with Gasteiger partial charge in [-0.2, -0.15) is 0 Å². The van der Waals surface area contributed by atoms with Gasteiger partial charge < -0.3 is 14.8 Å². The maximum Gasteiger partial charge on any atom is 0.149 e. The molecule has 0 saturated heterocycles. The van der Waals surface area contributed by atoms with Gasteiger partial charge in [0.2, 0.25) is 0 Å². The standard InChI is InChI=1S/C19H14N2O.C14H12N2O/c22-18-13-7-4-10-15(18)19-20-16-11-5-6-12-17(16)21(19)14-8-2-1-3-9-14;1-16-12-8-4-3-7-11(12)15-14(16)10-6-2-5-9-13(10)17/h1-13,22H;2-9,17H,1H3. The van der Waals surface area contributed by atoms with Crippen molar-refractivity contribution in [3.8, 4) is 40.0 Å². The number of aryl methyl sites for hydroxylation is 1. The predicted octanol–water partition coefficient (Wildman–Crippen LogP) is 7.34. The Kier molecular flexibility index (Phi) is 6.27. The molecular formula is C33H26N4O2. The van der Waals surface area contributed by atoms with Gasteiger partial charge in [0, 0.05) is 12.7 Å². The van der Waals surface area contributed by atoms with E-state index in [4.69, 9.17) is 4.98 Å². The number of hydrogen-bond acceptors (Lipinski definition) is 4. The number of fused-ring (bicyclic) bond motifs is 2. The van der Waals surface area contributed by atoms with E-state index in [0.717, 1.165) is 50.5 Å². The van der Waals surface area contributed by atoms with E-state index in [0.29, 0.717) is 0 Å². The van der Waals surface area contributed by atoms with Gasteiger partial charge in [-0.15, -0.1) is 0 Å². The van der Waals surface area contributed by atoms with Gasteiger partial charge in [-0.25, -0.2) is 9.97 Å². The lowest BCUT2D eigenvalue weighted by Crippen LogP contribution is -1.97. The minimum atomic E-state index is 0.231. The minimum absolute atomic E-state index is 0.231. The second kappa shape index (κ2) is 10.2. The van der Waals surface area contributed by atoms with Crippen molar-refractivity contribution >= 4 is 22.1 Å². The molecule has 0 radical (unpaired) electrons. The van der Waals surface area contributed by atoms with E-state index in [-0.39, 0.29) is 11.5 Å². The zero-order valence-corrected chi connectivity index (χ0v) is 21.3. The Labute approximate surface area is 225 Å². The van der Waals surface area contributed by atoms with Gasteiger partial charge in [-0.3, -0.25) is 4.57 Å². The summed E-state index contributed by atoms with van der Waals surface area (Å²) in [6.07, 6.45) is 0. The van der Waals surface area contributed by atoms with E-state index >= 15 is 0 Å². The second-order valence-corrected chi connectivity index (χ2v) is 9.11. The summed E-state index contributed by atoms with van der Waals surface area (Å²) in [5, 5.41) is 20.1. The Morgan fingerprint density at radius 3 is 1.56 bits per heavy atom. The van der Waals surface area contributed by atoms with Crippen molar-refractivity contribution in [1.82, 2.24) is 19.1 Å². The molecular weight excluding hydrogens is 484 g/mol. The highest BCUT2D eigenvalue weighted by molar-refractivity contribution is 5.84. The number of phenolic OH excluding ortho intramolecular Hbond substituents is 2. The first-order valence-corrected chi connectivity index (χ1v) is 12.6. The van der Waals surface area contributed by atoms with Crippen molar-refractivity contribution in [2.24, 2.45) is 7.05 Å². The van der Waals surface area contributed by atoms with Crippen LogP contribution in [0.4, 0.5) is 0 Å². The predicted molar refractivity (Wildman–Crippen MR) is 156 cm³/mol. The van der Waals surface area contributed by atoms with E-state index in [1.54, 1.807) is 12.1 Å². The zero-order chi connectivity index (χ0) is 26.8. The quantitative estimate of drug-likeness (QED) is 0.261. The van der Waals surface area contributed by atoms with Gasteiger partial charge in [-0.1, -0.05) is 66.7 Å². The summed E-state index contributed by atoms with van der Waals surface area (Å²) >= 11 is 0. The van der Waals surface area contributed by atoms with Crippen LogP contribution in [0, 0.1) is 0 Å². The summed E-state index contributed by atoms with van der Waals surface area (Å²) in [6.45, 7) is 0. The maximum atomic E-state index is 10.2. The van der Waals surface area contributed by atoms with Crippen molar-refractivity contribution in [3.05, 3.63) is 127 Å². The third-order valence-corrected chi connectivity index (χ3v) is 6.65. The van der Waals surface area contributed by atoms with E-state index in [2.05, 4.69) is 9.55 Å². The van der Waals surface area contributed by atoms with Crippen LogP contribution >= 0.6 is 0 Å². The van der Waals surface area contributed by atoms with Gasteiger partial charge in [0.1, 0.15) is 23.1 Å². The summed E-state index contributed by atoms with van der Waals surface area (Å²) in [7, 11) is 1.96. The first kappa shape index (κ1) is 24.0. The van der Waals surface area contributed by atoms with Crippen LogP contribution < -0.4 is 0 Å². The van der Waals surface area contributed by atoms with Crippen LogP contribution in [-0.2, 0) is 7.05 Å². The summed E-state index contributed by atoms with van der Waals surface area (Å²) in [5.74, 6) is 2.01. The molecule has 39 heavy (non-hydrogen) atoms. The van der Waals surface area contributed by atoms with Crippen LogP contribution in [0.25, 0.3) is 50.5 Å². The fourth-order valence-electron chi connectivity index (χ4n) is 4.76. The zero-order valence-electron chi connectivity index (χ0n) is 21.3. The number of para-hydroxylation sites is 7. The number of aromatic nitrogens is 4. The van der Waals surface area contributed by atoms with Crippen LogP contribution in [0.5, 0.6) is 11.5 Å². The van der Waals surface area contributed by atoms with Crippen LogP contribution in [-0.4, -0.2) is 29.3 Å². The fraction of sp³-hybridized carbons (Fsp3) is 0.0303. The minimum Gasteiger partial charge on any atom is -0.507 e. The molecule has 190 valence electrons. The van der Waals surface area contributed by atoms with Crippen molar-refractivity contribution < 1.29 is 10.2 Å². The van der Waals surface area contributed by atoms with Gasteiger partial charge >= 0.3 is 0 Å². The Hall–Kier alpha value is -5.36. The van der Waals surface area contributed by atoms with Crippen molar-refractivity contribution in [1.29, 1.82) is 0 Å². The van der Waals surface area contributed by atoms with Crippen LogP contribution in [0.2, 0.25) is 0 Å². The summed E-state index contributed by atoms with van der Waals surface area (Å²) in [5.41, 5.74) is 6.43. The summed E-state index contributed by atoms with van der Waals surface area (Å²) in [6, 6.07) is 40.5. The van der Waals surface area contributed by atoms with E-state index < -0.39 is 0 Å². The number of phenols is 2. The van der Waals surface area contributed by atoms with E-state index in [1.165, 1.54) is 0 Å². The summed E-state index contributed by atoms with van der Waals surface area (Å²) < 4.78 is 4.06. The van der Waals surface area contributed by atoms with Crippen LogP contribution in [0.3, 0.4) is 0 Å². The lowest BCUT2D eigenvalue weighted by molar-refractivity contribution is 0.476. The summed E-state index contributed by atoms with van der Waals surface area (Å²) in [4.78, 5) is 9.27. The normalized spacial score (nSPS) is 10.9. The molecule has 0 aliphatic rings. The number of benzene rings is 5. The third-order valence-electron chi connectivity index (χ3n) is 6.65. The highest BCUT2D eigenvalue weighted by atomic mass is 16.3. The first-order valence-electron chi connectivity index (χ1n) is 12.6. The molecule has 0 bridgehead atoms. The molecule has 5 aromatic carbocycles. The highest BCUT2D eigenvalue weighted by Crippen LogP contribution is 2.33. The molecule has 2 N–H and O–H groups in total. The van der Waals surface area contributed by atoms with Gasteiger partial charge in [-0.05, 0) is 60.7 Å². The van der Waals surface area contributed by atoms with E-state index in [9.17, 15) is 10.2 Å². The van der Waals surface area contributed by atoms with Crippen molar-refractivity contribution in [2.45, 2.75) is 0 Å². The molecule has 0 saturated carbocycles. The largest absolute Gasteiger partial charge is 0.507 e. The molecule has 6 heteroatoms. The average molecular weight is 511 g/mol. The molecule has 0 aliphatic carbocycles.